The van der Waals surface area contributed by atoms with Crippen molar-refractivity contribution in [1.82, 2.24) is 0 Å². The Bertz CT molecular complexity index is 435. The highest BCUT2D eigenvalue weighted by atomic mass is 16.3. The third-order valence-electron chi connectivity index (χ3n) is 8.83. The van der Waals surface area contributed by atoms with E-state index in [2.05, 4.69) is 13.8 Å². The Hall–Kier alpha value is -0.0800. The maximum atomic E-state index is 11.2. The van der Waals surface area contributed by atoms with Gasteiger partial charge in [-0.3, -0.25) is 0 Å². The molecule has 0 amide bonds. The topological polar surface area (TPSA) is 40.5 Å². The lowest BCUT2D eigenvalue weighted by Gasteiger charge is -2.57. The molecule has 4 aliphatic rings. The average molecular weight is 306 g/mol. The van der Waals surface area contributed by atoms with Crippen molar-refractivity contribution in [2.75, 3.05) is 0 Å². The molecule has 4 fully saturated rings. The van der Waals surface area contributed by atoms with Crippen LogP contribution in [-0.2, 0) is 0 Å². The van der Waals surface area contributed by atoms with Gasteiger partial charge in [-0.05, 0) is 99.2 Å². The summed E-state index contributed by atoms with van der Waals surface area (Å²) in [6, 6.07) is 0. The van der Waals surface area contributed by atoms with Crippen molar-refractivity contribution in [2.24, 2.45) is 35.0 Å². The van der Waals surface area contributed by atoms with E-state index in [4.69, 9.17) is 0 Å². The molecule has 0 bridgehead atoms. The van der Waals surface area contributed by atoms with Gasteiger partial charge in [0, 0.05) is 0 Å². The van der Waals surface area contributed by atoms with Crippen LogP contribution in [-0.4, -0.2) is 21.9 Å². The number of hydrogen-bond acceptors (Lipinski definition) is 2. The first-order valence-electron chi connectivity index (χ1n) is 9.89. The first-order chi connectivity index (χ1) is 10.5. The number of aliphatic hydroxyl groups is 2. The van der Waals surface area contributed by atoms with E-state index in [9.17, 15) is 10.2 Å². The molecule has 2 N–H and O–H groups in total. The fourth-order valence-electron chi connectivity index (χ4n) is 7.52. The maximum Gasteiger partial charge on any atom is 0.0701 e. The average Bonchev–Trinajstić information content (AvgIpc) is 2.79. The molecule has 4 saturated carbocycles. The van der Waals surface area contributed by atoms with Crippen molar-refractivity contribution < 1.29 is 10.2 Å². The summed E-state index contributed by atoms with van der Waals surface area (Å²) in [7, 11) is 0. The van der Waals surface area contributed by atoms with Crippen LogP contribution in [0, 0.1) is 35.0 Å². The molecule has 0 aromatic rings. The van der Waals surface area contributed by atoms with Crippen LogP contribution in [0.1, 0.15) is 78.1 Å². The zero-order valence-electron chi connectivity index (χ0n) is 14.4. The lowest BCUT2D eigenvalue weighted by Crippen LogP contribution is -2.53. The van der Waals surface area contributed by atoms with E-state index in [0.717, 1.165) is 55.3 Å². The van der Waals surface area contributed by atoms with Crippen molar-refractivity contribution in [2.45, 2.75) is 89.8 Å². The van der Waals surface area contributed by atoms with E-state index >= 15 is 0 Å². The molecule has 0 aromatic carbocycles. The van der Waals surface area contributed by atoms with Gasteiger partial charge >= 0.3 is 0 Å². The molecule has 2 heteroatoms. The molecule has 2 nitrogen and oxygen atoms in total. The monoisotopic (exact) mass is 306 g/mol. The Balaban J connectivity index is 1.58. The quantitative estimate of drug-likeness (QED) is 0.764. The van der Waals surface area contributed by atoms with E-state index in [-0.39, 0.29) is 11.5 Å². The number of rotatable bonds is 1. The van der Waals surface area contributed by atoms with E-state index < -0.39 is 5.60 Å². The molecule has 4 aliphatic carbocycles. The first kappa shape index (κ1) is 15.4. The van der Waals surface area contributed by atoms with Gasteiger partial charge in [-0.2, -0.15) is 0 Å². The van der Waals surface area contributed by atoms with Gasteiger partial charge in [0.15, 0.2) is 0 Å². The standard InChI is InChI=1S/C20H34O2/c1-3-20(22)11-9-18-17-6-4-13-12-14(21)5-7-15(13)16(17)8-10-19(18,20)2/h13-18,21-22H,3-12H2,1-2H3/t13-,14?,15?,16?,17?,18?,19?,20-/m0/s1. The highest BCUT2D eigenvalue weighted by Gasteiger charge is 2.61. The minimum Gasteiger partial charge on any atom is -0.393 e. The number of hydrogen-bond donors (Lipinski definition) is 2. The van der Waals surface area contributed by atoms with Gasteiger partial charge in [-0.15, -0.1) is 0 Å². The predicted octanol–water partition coefficient (Wildman–Crippen LogP) is 4.14. The van der Waals surface area contributed by atoms with Crippen LogP contribution in [0.5, 0.6) is 0 Å². The van der Waals surface area contributed by atoms with E-state index in [0.29, 0.717) is 0 Å². The second-order valence-corrected chi connectivity index (χ2v) is 9.28. The zero-order valence-corrected chi connectivity index (χ0v) is 14.4. The van der Waals surface area contributed by atoms with Crippen LogP contribution < -0.4 is 0 Å². The van der Waals surface area contributed by atoms with Crippen LogP contribution in [0.4, 0.5) is 0 Å². The molecule has 8 atom stereocenters. The van der Waals surface area contributed by atoms with Gasteiger partial charge in [-0.1, -0.05) is 13.8 Å². The van der Waals surface area contributed by atoms with E-state index in [1.54, 1.807) is 0 Å². The summed E-state index contributed by atoms with van der Waals surface area (Å²) >= 11 is 0. The highest BCUT2D eigenvalue weighted by Crippen LogP contribution is 2.65. The summed E-state index contributed by atoms with van der Waals surface area (Å²) in [6.45, 7) is 4.58. The van der Waals surface area contributed by atoms with Gasteiger partial charge in [-0.25, -0.2) is 0 Å². The predicted molar refractivity (Wildman–Crippen MR) is 88.4 cm³/mol. The van der Waals surface area contributed by atoms with Gasteiger partial charge in [0.05, 0.1) is 11.7 Å². The Labute approximate surface area is 135 Å². The second kappa shape index (κ2) is 5.21. The van der Waals surface area contributed by atoms with E-state index in [1.165, 1.54) is 38.5 Å². The first-order valence-corrected chi connectivity index (χ1v) is 9.89. The summed E-state index contributed by atoms with van der Waals surface area (Å²) < 4.78 is 0. The third-order valence-corrected chi connectivity index (χ3v) is 8.83. The highest BCUT2D eigenvalue weighted by molar-refractivity contribution is 5.11. The Morgan fingerprint density at radius 1 is 0.909 bits per heavy atom. The maximum absolute atomic E-state index is 11.2. The van der Waals surface area contributed by atoms with Gasteiger partial charge < -0.3 is 10.2 Å². The molecule has 0 aliphatic heterocycles. The lowest BCUT2D eigenvalue weighted by atomic mass is 9.49. The number of fused-ring (bicyclic) bond motifs is 5. The SMILES string of the molecule is CC[C@]1(O)CCC2C3CC[C@H]4CC(O)CCC4C3CCC21C. The van der Waals surface area contributed by atoms with E-state index in [1.807, 2.05) is 0 Å². The van der Waals surface area contributed by atoms with Crippen molar-refractivity contribution in [3.8, 4) is 0 Å². The van der Waals surface area contributed by atoms with Gasteiger partial charge in [0.25, 0.3) is 0 Å². The van der Waals surface area contributed by atoms with Crippen molar-refractivity contribution in [1.29, 1.82) is 0 Å². The molecule has 0 spiro atoms. The Morgan fingerprint density at radius 2 is 1.68 bits per heavy atom. The molecule has 4 rings (SSSR count). The van der Waals surface area contributed by atoms with Crippen LogP contribution in [0.2, 0.25) is 0 Å². The second-order valence-electron chi connectivity index (χ2n) is 9.28. The molecule has 0 heterocycles. The minimum absolute atomic E-state index is 0.0247. The molecule has 0 saturated heterocycles. The smallest absolute Gasteiger partial charge is 0.0701 e. The summed E-state index contributed by atoms with van der Waals surface area (Å²) in [5.74, 6) is 4.17. The van der Waals surface area contributed by atoms with Gasteiger partial charge in [0.1, 0.15) is 0 Å². The largest absolute Gasteiger partial charge is 0.393 e. The summed E-state index contributed by atoms with van der Waals surface area (Å²) in [4.78, 5) is 0. The lowest BCUT2D eigenvalue weighted by molar-refractivity contribution is -0.134. The van der Waals surface area contributed by atoms with Crippen LogP contribution in [0.25, 0.3) is 0 Å². The van der Waals surface area contributed by atoms with Crippen molar-refractivity contribution in [3.05, 3.63) is 0 Å². The zero-order chi connectivity index (χ0) is 15.5. The summed E-state index contributed by atoms with van der Waals surface area (Å²) in [5.41, 5.74) is -0.230. The van der Waals surface area contributed by atoms with Crippen molar-refractivity contribution in [3.63, 3.8) is 0 Å². The fraction of sp³-hybridized carbons (Fsp3) is 1.00. The molecule has 0 aromatic heterocycles. The van der Waals surface area contributed by atoms with Crippen LogP contribution in [0.15, 0.2) is 0 Å². The molecule has 6 unspecified atom stereocenters. The van der Waals surface area contributed by atoms with Gasteiger partial charge in [0.2, 0.25) is 0 Å². The van der Waals surface area contributed by atoms with Crippen molar-refractivity contribution >= 4 is 0 Å². The molecular weight excluding hydrogens is 272 g/mol. The number of aliphatic hydroxyl groups excluding tert-OH is 1. The van der Waals surface area contributed by atoms with Crippen LogP contribution >= 0.6 is 0 Å². The minimum atomic E-state index is -0.401. The molecule has 0 radical (unpaired) electrons. The fourth-order valence-corrected chi connectivity index (χ4v) is 7.52. The van der Waals surface area contributed by atoms with Crippen LogP contribution in [0.3, 0.4) is 0 Å². The summed E-state index contributed by atoms with van der Waals surface area (Å²) in [6.07, 6.45) is 11.8. The third kappa shape index (κ3) is 1.99. The molecule has 22 heavy (non-hydrogen) atoms. The Kier molecular flexibility index (Phi) is 3.66. The molecule has 126 valence electrons. The molecular formula is C20H34O2. The summed E-state index contributed by atoms with van der Waals surface area (Å²) in [5, 5.41) is 21.2. The Morgan fingerprint density at radius 3 is 2.45 bits per heavy atom. The normalized spacial score (nSPS) is 57.8.